The van der Waals surface area contributed by atoms with E-state index in [0.717, 1.165) is 32.4 Å². The topological polar surface area (TPSA) is 40.5 Å². The molecule has 2 atom stereocenters. The minimum atomic E-state index is -0.620. The molecule has 0 amide bonds. The number of rotatable bonds is 3. The molecule has 3 heteroatoms. The van der Waals surface area contributed by atoms with E-state index in [1.165, 1.54) is 0 Å². The predicted octanol–water partition coefficient (Wildman–Crippen LogP) is 1.58. The average Bonchev–Trinajstić information content (AvgIpc) is 2.16. The molecule has 1 heterocycles. The van der Waals surface area contributed by atoms with Crippen molar-refractivity contribution in [1.82, 2.24) is 4.90 Å². The third-order valence-corrected chi connectivity index (χ3v) is 3.04. The Kier molecular flexibility index (Phi) is 3.72. The summed E-state index contributed by atoms with van der Waals surface area (Å²) >= 11 is 0. The van der Waals surface area contributed by atoms with Crippen LogP contribution >= 0.6 is 0 Å². The number of aliphatic carboxylic acids is 1. The Labute approximate surface area is 79.7 Å². The molecule has 1 fully saturated rings. The largest absolute Gasteiger partial charge is 0.481 e. The lowest BCUT2D eigenvalue weighted by atomic mass is 9.87. The van der Waals surface area contributed by atoms with E-state index < -0.39 is 5.97 Å². The second kappa shape index (κ2) is 4.61. The SMILES string of the molecule is CCC1C(C(=O)O)CCCN1CC. The van der Waals surface area contributed by atoms with Gasteiger partial charge in [-0.15, -0.1) is 0 Å². The van der Waals surface area contributed by atoms with Gasteiger partial charge in [0.25, 0.3) is 0 Å². The lowest BCUT2D eigenvalue weighted by Crippen LogP contribution is -2.47. The highest BCUT2D eigenvalue weighted by molar-refractivity contribution is 5.71. The van der Waals surface area contributed by atoms with E-state index in [1.807, 2.05) is 0 Å². The Morgan fingerprint density at radius 1 is 1.54 bits per heavy atom. The smallest absolute Gasteiger partial charge is 0.308 e. The van der Waals surface area contributed by atoms with Crippen LogP contribution in [0.15, 0.2) is 0 Å². The number of hydrogen-bond donors (Lipinski definition) is 1. The number of carboxylic acid groups (broad SMARTS) is 1. The first-order valence-electron chi connectivity index (χ1n) is 5.17. The molecular formula is C10H19NO2. The molecular weight excluding hydrogens is 166 g/mol. The quantitative estimate of drug-likeness (QED) is 0.725. The van der Waals surface area contributed by atoms with Crippen LogP contribution in [0.2, 0.25) is 0 Å². The Morgan fingerprint density at radius 3 is 2.69 bits per heavy atom. The summed E-state index contributed by atoms with van der Waals surface area (Å²) in [5, 5.41) is 9.03. The molecule has 0 bridgehead atoms. The summed E-state index contributed by atoms with van der Waals surface area (Å²) in [5.74, 6) is -0.760. The number of hydrogen-bond acceptors (Lipinski definition) is 2. The van der Waals surface area contributed by atoms with Crippen LogP contribution in [0.1, 0.15) is 33.1 Å². The zero-order chi connectivity index (χ0) is 9.84. The molecule has 1 aliphatic heterocycles. The van der Waals surface area contributed by atoms with Gasteiger partial charge in [0.05, 0.1) is 5.92 Å². The molecule has 13 heavy (non-hydrogen) atoms. The van der Waals surface area contributed by atoms with Gasteiger partial charge in [0.2, 0.25) is 0 Å². The zero-order valence-electron chi connectivity index (χ0n) is 8.49. The second-order valence-electron chi connectivity index (χ2n) is 3.69. The van der Waals surface area contributed by atoms with Crippen molar-refractivity contribution in [2.45, 2.75) is 39.2 Å². The van der Waals surface area contributed by atoms with Crippen molar-refractivity contribution < 1.29 is 9.90 Å². The molecule has 0 aromatic rings. The molecule has 0 radical (unpaired) electrons. The van der Waals surface area contributed by atoms with E-state index in [1.54, 1.807) is 0 Å². The van der Waals surface area contributed by atoms with Crippen molar-refractivity contribution in [2.24, 2.45) is 5.92 Å². The van der Waals surface area contributed by atoms with Crippen molar-refractivity contribution in [3.8, 4) is 0 Å². The van der Waals surface area contributed by atoms with E-state index in [2.05, 4.69) is 18.7 Å². The summed E-state index contributed by atoms with van der Waals surface area (Å²) in [6.07, 6.45) is 2.83. The molecule has 1 saturated heterocycles. The maximum Gasteiger partial charge on any atom is 0.308 e. The fourth-order valence-electron chi connectivity index (χ4n) is 2.35. The molecule has 0 aromatic carbocycles. The number of carboxylic acids is 1. The summed E-state index contributed by atoms with van der Waals surface area (Å²) in [6, 6.07) is 0.260. The number of likely N-dealkylation sites (tertiary alicyclic amines) is 1. The lowest BCUT2D eigenvalue weighted by molar-refractivity contribution is -0.146. The number of piperidine rings is 1. The van der Waals surface area contributed by atoms with Gasteiger partial charge < -0.3 is 5.11 Å². The molecule has 1 aliphatic rings. The van der Waals surface area contributed by atoms with Crippen LogP contribution in [0, 0.1) is 5.92 Å². The second-order valence-corrected chi connectivity index (χ2v) is 3.69. The van der Waals surface area contributed by atoms with Crippen LogP contribution < -0.4 is 0 Å². The standard InChI is InChI=1S/C10H19NO2/c1-3-9-8(10(12)13)6-5-7-11(9)4-2/h8-9H,3-7H2,1-2H3,(H,12,13). The van der Waals surface area contributed by atoms with Gasteiger partial charge in [-0.3, -0.25) is 9.69 Å². The van der Waals surface area contributed by atoms with Gasteiger partial charge in [-0.2, -0.15) is 0 Å². The van der Waals surface area contributed by atoms with Gasteiger partial charge in [0, 0.05) is 6.04 Å². The van der Waals surface area contributed by atoms with Crippen LogP contribution in [0.5, 0.6) is 0 Å². The zero-order valence-corrected chi connectivity index (χ0v) is 8.49. The fraction of sp³-hybridized carbons (Fsp3) is 0.900. The van der Waals surface area contributed by atoms with E-state index in [-0.39, 0.29) is 12.0 Å². The average molecular weight is 185 g/mol. The van der Waals surface area contributed by atoms with Crippen LogP contribution in [0.4, 0.5) is 0 Å². The van der Waals surface area contributed by atoms with Crippen molar-refractivity contribution in [1.29, 1.82) is 0 Å². The molecule has 1 rings (SSSR count). The van der Waals surface area contributed by atoms with Crippen LogP contribution in [-0.2, 0) is 4.79 Å². The van der Waals surface area contributed by atoms with E-state index in [9.17, 15) is 4.79 Å². The van der Waals surface area contributed by atoms with E-state index in [4.69, 9.17) is 5.11 Å². The third kappa shape index (κ3) is 2.21. The van der Waals surface area contributed by atoms with Gasteiger partial charge in [0.15, 0.2) is 0 Å². The summed E-state index contributed by atoms with van der Waals surface area (Å²) in [4.78, 5) is 13.3. The molecule has 1 N–H and O–H groups in total. The summed E-state index contributed by atoms with van der Waals surface area (Å²) in [5.41, 5.74) is 0. The highest BCUT2D eigenvalue weighted by Gasteiger charge is 2.33. The molecule has 0 aromatic heterocycles. The summed E-state index contributed by atoms with van der Waals surface area (Å²) in [7, 11) is 0. The van der Waals surface area contributed by atoms with E-state index in [0.29, 0.717) is 0 Å². The highest BCUT2D eigenvalue weighted by Crippen LogP contribution is 2.25. The molecule has 2 unspecified atom stereocenters. The predicted molar refractivity (Wildman–Crippen MR) is 51.7 cm³/mol. The van der Waals surface area contributed by atoms with Gasteiger partial charge in [-0.25, -0.2) is 0 Å². The monoisotopic (exact) mass is 185 g/mol. The van der Waals surface area contributed by atoms with Crippen LogP contribution in [-0.4, -0.2) is 35.1 Å². The highest BCUT2D eigenvalue weighted by atomic mass is 16.4. The Morgan fingerprint density at radius 2 is 2.23 bits per heavy atom. The summed E-state index contributed by atoms with van der Waals surface area (Å²) < 4.78 is 0. The molecule has 0 spiro atoms. The minimum absolute atomic E-state index is 0.140. The fourth-order valence-corrected chi connectivity index (χ4v) is 2.35. The Hall–Kier alpha value is -0.570. The molecule has 3 nitrogen and oxygen atoms in total. The molecule has 0 aliphatic carbocycles. The van der Waals surface area contributed by atoms with Gasteiger partial charge in [0.1, 0.15) is 0 Å². The molecule has 76 valence electrons. The van der Waals surface area contributed by atoms with Gasteiger partial charge >= 0.3 is 5.97 Å². The lowest BCUT2D eigenvalue weighted by Gasteiger charge is -2.38. The third-order valence-electron chi connectivity index (χ3n) is 3.04. The minimum Gasteiger partial charge on any atom is -0.481 e. The Balaban J connectivity index is 2.66. The first-order valence-corrected chi connectivity index (χ1v) is 5.17. The maximum atomic E-state index is 11.0. The van der Waals surface area contributed by atoms with Gasteiger partial charge in [-0.1, -0.05) is 13.8 Å². The van der Waals surface area contributed by atoms with Crippen molar-refractivity contribution in [3.63, 3.8) is 0 Å². The number of carbonyl (C=O) groups is 1. The molecule has 0 saturated carbocycles. The van der Waals surface area contributed by atoms with E-state index >= 15 is 0 Å². The summed E-state index contributed by atoms with van der Waals surface area (Å²) in [6.45, 7) is 6.22. The normalized spacial score (nSPS) is 30.3. The maximum absolute atomic E-state index is 11.0. The Bertz CT molecular complexity index is 182. The van der Waals surface area contributed by atoms with Crippen LogP contribution in [0.25, 0.3) is 0 Å². The number of nitrogens with zero attached hydrogens (tertiary/aromatic N) is 1. The van der Waals surface area contributed by atoms with Crippen LogP contribution in [0.3, 0.4) is 0 Å². The van der Waals surface area contributed by atoms with Crippen molar-refractivity contribution >= 4 is 5.97 Å². The van der Waals surface area contributed by atoms with Crippen molar-refractivity contribution in [3.05, 3.63) is 0 Å². The first kappa shape index (κ1) is 10.5. The van der Waals surface area contributed by atoms with Crippen molar-refractivity contribution in [2.75, 3.05) is 13.1 Å². The first-order chi connectivity index (χ1) is 6.20. The van der Waals surface area contributed by atoms with Gasteiger partial charge in [-0.05, 0) is 32.4 Å².